The Morgan fingerprint density at radius 3 is 2.57 bits per heavy atom. The van der Waals surface area contributed by atoms with E-state index in [1.165, 1.54) is 6.07 Å². The summed E-state index contributed by atoms with van der Waals surface area (Å²) in [5, 5.41) is 2.98. The van der Waals surface area contributed by atoms with Crippen molar-refractivity contribution in [3.05, 3.63) is 23.4 Å². The summed E-state index contributed by atoms with van der Waals surface area (Å²) in [7, 11) is 0. The largest absolute Gasteiger partial charge is 0.433 e. The number of rotatable bonds is 7. The topological polar surface area (TPSA) is 50.9 Å². The number of nitrogens with zero attached hydrogens (tertiary/aromatic N) is 1. The molecule has 0 aliphatic heterocycles. The van der Waals surface area contributed by atoms with Crippen LogP contribution in [-0.4, -0.2) is 16.0 Å². The van der Waals surface area contributed by atoms with Crippen LogP contribution in [0, 0.1) is 0 Å². The van der Waals surface area contributed by atoms with Gasteiger partial charge in [-0.3, -0.25) is 0 Å². The Morgan fingerprint density at radius 2 is 2.05 bits per heavy atom. The maximum absolute atomic E-state index is 12.7. The van der Waals surface area contributed by atoms with Crippen molar-refractivity contribution in [3.8, 4) is 0 Å². The molecule has 0 bridgehead atoms. The Kier molecular flexibility index (Phi) is 6.39. The Balaban J connectivity index is 2.93. The van der Waals surface area contributed by atoms with E-state index < -0.39 is 11.9 Å². The van der Waals surface area contributed by atoms with E-state index in [1.54, 1.807) is 0 Å². The van der Waals surface area contributed by atoms with E-state index in [9.17, 15) is 13.2 Å². The SMILES string of the molecule is CCCCCC(C)Nc1nc(C(F)(F)F)ccc1C(N)=S. The first-order valence-electron chi connectivity index (χ1n) is 6.90. The van der Waals surface area contributed by atoms with E-state index in [1.807, 2.05) is 6.92 Å². The fourth-order valence-electron chi connectivity index (χ4n) is 1.93. The minimum absolute atomic E-state index is 0.000587. The minimum Gasteiger partial charge on any atom is -0.389 e. The van der Waals surface area contributed by atoms with Gasteiger partial charge in [0.15, 0.2) is 0 Å². The number of aromatic nitrogens is 1. The average Bonchev–Trinajstić information content (AvgIpc) is 2.37. The van der Waals surface area contributed by atoms with Gasteiger partial charge in [0.05, 0.1) is 5.56 Å². The highest BCUT2D eigenvalue weighted by molar-refractivity contribution is 7.80. The van der Waals surface area contributed by atoms with Gasteiger partial charge in [0.25, 0.3) is 0 Å². The van der Waals surface area contributed by atoms with Crippen LogP contribution < -0.4 is 11.1 Å². The molecular weight excluding hydrogens is 299 g/mol. The molecule has 1 aromatic rings. The second-order valence-electron chi connectivity index (χ2n) is 5.00. The lowest BCUT2D eigenvalue weighted by molar-refractivity contribution is -0.141. The predicted octanol–water partition coefficient (Wildman–Crippen LogP) is 4.12. The molecule has 21 heavy (non-hydrogen) atoms. The number of alkyl halides is 3. The highest BCUT2D eigenvalue weighted by Gasteiger charge is 2.33. The number of pyridine rings is 1. The molecule has 118 valence electrons. The molecule has 7 heteroatoms. The van der Waals surface area contributed by atoms with E-state index >= 15 is 0 Å². The van der Waals surface area contributed by atoms with E-state index in [4.69, 9.17) is 18.0 Å². The zero-order valence-electron chi connectivity index (χ0n) is 12.1. The van der Waals surface area contributed by atoms with Crippen molar-refractivity contribution in [1.82, 2.24) is 4.98 Å². The molecule has 1 unspecified atom stereocenters. The summed E-state index contributed by atoms with van der Waals surface area (Å²) in [5.41, 5.74) is 4.92. The van der Waals surface area contributed by atoms with Gasteiger partial charge in [0, 0.05) is 6.04 Å². The average molecular weight is 319 g/mol. The lowest BCUT2D eigenvalue weighted by Crippen LogP contribution is -2.22. The Bertz CT molecular complexity index is 489. The molecule has 1 aromatic heterocycles. The number of nitrogens with one attached hydrogen (secondary N) is 1. The van der Waals surface area contributed by atoms with Crippen LogP contribution in [0.5, 0.6) is 0 Å². The molecule has 0 aromatic carbocycles. The van der Waals surface area contributed by atoms with Crippen LogP contribution in [0.3, 0.4) is 0 Å². The highest BCUT2D eigenvalue weighted by Crippen LogP contribution is 2.29. The van der Waals surface area contributed by atoms with Gasteiger partial charge in [0.1, 0.15) is 16.5 Å². The number of anilines is 1. The summed E-state index contributed by atoms with van der Waals surface area (Å²) in [6.45, 7) is 4.00. The van der Waals surface area contributed by atoms with Gasteiger partial charge in [0.2, 0.25) is 0 Å². The van der Waals surface area contributed by atoms with Crippen LogP contribution in [-0.2, 0) is 6.18 Å². The quantitative estimate of drug-likeness (QED) is 0.586. The third-order valence-electron chi connectivity index (χ3n) is 3.07. The predicted molar refractivity (Wildman–Crippen MR) is 82.4 cm³/mol. The summed E-state index contributed by atoms with van der Waals surface area (Å²) in [6, 6.07) is 2.15. The zero-order chi connectivity index (χ0) is 16.0. The summed E-state index contributed by atoms with van der Waals surface area (Å²) in [4.78, 5) is 3.66. The Morgan fingerprint density at radius 1 is 1.38 bits per heavy atom. The molecule has 0 aliphatic rings. The van der Waals surface area contributed by atoms with Crippen LogP contribution >= 0.6 is 12.2 Å². The van der Waals surface area contributed by atoms with E-state index in [0.717, 1.165) is 31.7 Å². The molecule has 0 saturated carbocycles. The molecule has 3 nitrogen and oxygen atoms in total. The molecule has 0 amide bonds. The van der Waals surface area contributed by atoms with Gasteiger partial charge >= 0.3 is 6.18 Å². The first-order chi connectivity index (χ1) is 9.75. The van der Waals surface area contributed by atoms with Crippen molar-refractivity contribution in [1.29, 1.82) is 0 Å². The summed E-state index contributed by atoms with van der Waals surface area (Å²) >= 11 is 4.86. The number of halogens is 3. The van der Waals surface area contributed by atoms with Gasteiger partial charge < -0.3 is 11.1 Å². The second kappa shape index (κ2) is 7.59. The standard InChI is InChI=1S/C14H20F3N3S/c1-3-4-5-6-9(2)19-13-10(12(18)21)7-8-11(20-13)14(15,16)17/h7-9H,3-6H2,1-2H3,(H2,18,21)(H,19,20). The molecule has 1 atom stereocenters. The Labute approximate surface area is 128 Å². The molecule has 0 saturated heterocycles. The third-order valence-corrected chi connectivity index (χ3v) is 3.29. The van der Waals surface area contributed by atoms with E-state index in [2.05, 4.69) is 17.2 Å². The molecule has 1 heterocycles. The fourth-order valence-corrected chi connectivity index (χ4v) is 2.10. The molecule has 1 rings (SSSR count). The Hall–Kier alpha value is -1.37. The lowest BCUT2D eigenvalue weighted by atomic mass is 10.1. The third kappa shape index (κ3) is 5.49. The summed E-state index contributed by atoms with van der Waals surface area (Å²) in [6.07, 6.45) is -0.456. The molecule has 3 N–H and O–H groups in total. The lowest BCUT2D eigenvalue weighted by Gasteiger charge is -2.18. The van der Waals surface area contributed by atoms with Crippen LogP contribution in [0.25, 0.3) is 0 Å². The second-order valence-corrected chi connectivity index (χ2v) is 5.44. The van der Waals surface area contributed by atoms with Crippen LogP contribution in [0.15, 0.2) is 12.1 Å². The van der Waals surface area contributed by atoms with E-state index in [0.29, 0.717) is 5.56 Å². The van der Waals surface area contributed by atoms with Crippen LogP contribution in [0.4, 0.5) is 19.0 Å². The van der Waals surface area contributed by atoms with Gasteiger partial charge in [-0.25, -0.2) is 4.98 Å². The highest BCUT2D eigenvalue weighted by atomic mass is 32.1. The zero-order valence-corrected chi connectivity index (χ0v) is 12.9. The molecule has 0 fully saturated rings. The van der Waals surface area contributed by atoms with Crippen molar-refractivity contribution in [2.75, 3.05) is 5.32 Å². The molecule has 0 spiro atoms. The maximum Gasteiger partial charge on any atom is 0.433 e. The van der Waals surface area contributed by atoms with Crippen molar-refractivity contribution in [2.24, 2.45) is 5.73 Å². The summed E-state index contributed by atoms with van der Waals surface area (Å²) < 4.78 is 38.2. The molecule has 0 radical (unpaired) electrons. The fraction of sp³-hybridized carbons (Fsp3) is 0.571. The first kappa shape index (κ1) is 17.7. The van der Waals surface area contributed by atoms with Crippen molar-refractivity contribution in [2.45, 2.75) is 51.7 Å². The van der Waals surface area contributed by atoms with Gasteiger partial charge in [-0.2, -0.15) is 13.2 Å². The van der Waals surface area contributed by atoms with Crippen LogP contribution in [0.1, 0.15) is 50.8 Å². The van der Waals surface area contributed by atoms with Gasteiger partial charge in [-0.1, -0.05) is 38.4 Å². The number of unbranched alkanes of at least 4 members (excludes halogenated alkanes) is 2. The van der Waals surface area contributed by atoms with Crippen molar-refractivity contribution in [3.63, 3.8) is 0 Å². The van der Waals surface area contributed by atoms with Crippen LogP contribution in [0.2, 0.25) is 0 Å². The smallest absolute Gasteiger partial charge is 0.389 e. The monoisotopic (exact) mass is 319 g/mol. The van der Waals surface area contributed by atoms with Crippen molar-refractivity contribution >= 4 is 23.0 Å². The molecule has 0 aliphatic carbocycles. The first-order valence-corrected chi connectivity index (χ1v) is 7.31. The number of hydrogen-bond acceptors (Lipinski definition) is 3. The van der Waals surface area contributed by atoms with Gasteiger partial charge in [-0.15, -0.1) is 0 Å². The van der Waals surface area contributed by atoms with E-state index in [-0.39, 0.29) is 16.8 Å². The summed E-state index contributed by atoms with van der Waals surface area (Å²) in [5.74, 6) is 0.0984. The number of thiocarbonyl (C=S) groups is 1. The van der Waals surface area contributed by atoms with Crippen molar-refractivity contribution < 1.29 is 13.2 Å². The maximum atomic E-state index is 12.7. The number of nitrogens with two attached hydrogens (primary N) is 1. The molecular formula is C14H20F3N3S. The number of hydrogen-bond donors (Lipinski definition) is 2. The minimum atomic E-state index is -4.49. The van der Waals surface area contributed by atoms with Gasteiger partial charge in [-0.05, 0) is 25.5 Å². The normalized spacial score (nSPS) is 13.0.